The van der Waals surface area contributed by atoms with Crippen molar-refractivity contribution in [3.8, 4) is 11.4 Å². The first-order valence-corrected chi connectivity index (χ1v) is 10.7. The molecular formula is C24H28N4O3. The molecule has 0 N–H and O–H groups in total. The Morgan fingerprint density at radius 1 is 1.13 bits per heavy atom. The molecule has 0 bridgehead atoms. The first-order valence-electron chi connectivity index (χ1n) is 10.7. The van der Waals surface area contributed by atoms with Gasteiger partial charge in [0.2, 0.25) is 5.91 Å². The largest absolute Gasteiger partial charge is 0.497 e. The number of hydrogen-bond acceptors (Lipinski definition) is 4. The van der Waals surface area contributed by atoms with Crippen LogP contribution in [-0.4, -0.2) is 45.4 Å². The van der Waals surface area contributed by atoms with Crippen LogP contribution in [0.5, 0.6) is 5.75 Å². The molecule has 7 nitrogen and oxygen atoms in total. The average Bonchev–Trinajstić information content (AvgIpc) is 3.12. The summed E-state index contributed by atoms with van der Waals surface area (Å²) in [5.74, 6) is 1.72. The van der Waals surface area contributed by atoms with Crippen LogP contribution in [0, 0.1) is 0 Å². The van der Waals surface area contributed by atoms with Gasteiger partial charge in [-0.05, 0) is 49.1 Å². The van der Waals surface area contributed by atoms with Crippen molar-refractivity contribution in [1.29, 1.82) is 0 Å². The minimum absolute atomic E-state index is 0.0350. The monoisotopic (exact) mass is 420 g/mol. The average molecular weight is 421 g/mol. The number of para-hydroxylation sites is 1. The summed E-state index contributed by atoms with van der Waals surface area (Å²) in [6.45, 7) is 1.34. The number of rotatable bonds is 6. The van der Waals surface area contributed by atoms with Crippen molar-refractivity contribution in [2.45, 2.75) is 31.6 Å². The molecule has 0 spiro atoms. The number of carbonyl (C=O) groups excluding carboxylic acids is 1. The molecule has 1 saturated heterocycles. The van der Waals surface area contributed by atoms with E-state index in [-0.39, 0.29) is 17.5 Å². The van der Waals surface area contributed by atoms with Crippen LogP contribution in [0.1, 0.15) is 36.6 Å². The van der Waals surface area contributed by atoms with Crippen molar-refractivity contribution >= 4 is 5.91 Å². The zero-order valence-electron chi connectivity index (χ0n) is 18.0. The fourth-order valence-electron chi connectivity index (χ4n) is 4.18. The normalized spacial score (nSPS) is 16.3. The Balaban J connectivity index is 1.47. The van der Waals surface area contributed by atoms with Gasteiger partial charge in [0.1, 0.15) is 11.6 Å². The van der Waals surface area contributed by atoms with Gasteiger partial charge < -0.3 is 9.64 Å². The van der Waals surface area contributed by atoms with Gasteiger partial charge in [0, 0.05) is 32.5 Å². The molecule has 1 fully saturated rings. The number of aryl methyl sites for hydroxylation is 2. The number of aromatic nitrogens is 3. The van der Waals surface area contributed by atoms with Gasteiger partial charge in [0.25, 0.3) is 0 Å². The van der Waals surface area contributed by atoms with Crippen LogP contribution in [0.25, 0.3) is 5.69 Å². The fraction of sp³-hybridized carbons (Fsp3) is 0.375. The minimum atomic E-state index is -0.163. The summed E-state index contributed by atoms with van der Waals surface area (Å²) in [6, 6.07) is 17.4. The second-order valence-corrected chi connectivity index (χ2v) is 7.96. The molecule has 1 atom stereocenters. The van der Waals surface area contributed by atoms with E-state index in [1.807, 2.05) is 59.5 Å². The Labute approximate surface area is 181 Å². The van der Waals surface area contributed by atoms with Gasteiger partial charge in [-0.15, -0.1) is 0 Å². The third-order valence-electron chi connectivity index (χ3n) is 5.89. The second-order valence-electron chi connectivity index (χ2n) is 7.96. The van der Waals surface area contributed by atoms with Gasteiger partial charge in [0.15, 0.2) is 0 Å². The van der Waals surface area contributed by atoms with Crippen LogP contribution in [0.3, 0.4) is 0 Å². The molecule has 1 aliphatic rings. The van der Waals surface area contributed by atoms with E-state index in [1.54, 1.807) is 18.7 Å². The van der Waals surface area contributed by atoms with Crippen molar-refractivity contribution in [3.63, 3.8) is 0 Å². The first kappa shape index (κ1) is 20.9. The lowest BCUT2D eigenvalue weighted by molar-refractivity contribution is -0.132. The smallest absolute Gasteiger partial charge is 0.350 e. The van der Waals surface area contributed by atoms with E-state index >= 15 is 0 Å². The molecule has 1 amide bonds. The van der Waals surface area contributed by atoms with Gasteiger partial charge in [-0.1, -0.05) is 30.3 Å². The number of carbonyl (C=O) groups is 1. The topological polar surface area (TPSA) is 69.4 Å². The lowest BCUT2D eigenvalue weighted by Gasteiger charge is -2.32. The Morgan fingerprint density at radius 2 is 1.87 bits per heavy atom. The van der Waals surface area contributed by atoms with Gasteiger partial charge >= 0.3 is 5.69 Å². The Bertz CT molecular complexity index is 1090. The number of piperidine rings is 1. The Hall–Kier alpha value is -3.35. The highest BCUT2D eigenvalue weighted by Crippen LogP contribution is 2.27. The predicted molar refractivity (Wildman–Crippen MR) is 119 cm³/mol. The zero-order valence-corrected chi connectivity index (χ0v) is 18.0. The SMILES string of the molecule is COc1ccc(CCC(=O)N2CCCC(c3nn(C)c(=O)n3-c3ccccc3)C2)cc1. The van der Waals surface area contributed by atoms with Crippen molar-refractivity contribution in [1.82, 2.24) is 19.2 Å². The highest BCUT2D eigenvalue weighted by atomic mass is 16.5. The number of nitrogens with zero attached hydrogens (tertiary/aromatic N) is 4. The second kappa shape index (κ2) is 9.20. The van der Waals surface area contributed by atoms with Gasteiger partial charge in [-0.2, -0.15) is 5.10 Å². The molecule has 2 heterocycles. The summed E-state index contributed by atoms with van der Waals surface area (Å²) in [7, 11) is 3.32. The molecule has 31 heavy (non-hydrogen) atoms. The Kier molecular flexibility index (Phi) is 6.21. The zero-order chi connectivity index (χ0) is 21.8. The number of amides is 1. The molecule has 0 aliphatic carbocycles. The molecule has 0 radical (unpaired) electrons. The van der Waals surface area contributed by atoms with E-state index in [1.165, 1.54) is 4.68 Å². The molecule has 2 aromatic carbocycles. The van der Waals surface area contributed by atoms with Crippen LogP contribution >= 0.6 is 0 Å². The van der Waals surface area contributed by atoms with Gasteiger partial charge in [-0.3, -0.25) is 4.79 Å². The summed E-state index contributed by atoms with van der Waals surface area (Å²) in [6.07, 6.45) is 2.97. The summed E-state index contributed by atoms with van der Waals surface area (Å²) in [5.41, 5.74) is 1.76. The van der Waals surface area contributed by atoms with Gasteiger partial charge in [-0.25, -0.2) is 14.0 Å². The third-order valence-corrected chi connectivity index (χ3v) is 5.89. The lowest BCUT2D eigenvalue weighted by atomic mass is 9.96. The molecule has 1 aliphatic heterocycles. The van der Waals surface area contributed by atoms with Crippen LogP contribution < -0.4 is 10.4 Å². The molecule has 3 aromatic rings. The van der Waals surface area contributed by atoms with E-state index in [0.717, 1.165) is 42.2 Å². The van der Waals surface area contributed by atoms with Crippen LogP contribution in [0.15, 0.2) is 59.4 Å². The summed E-state index contributed by atoms with van der Waals surface area (Å²) in [4.78, 5) is 27.6. The first-order chi connectivity index (χ1) is 15.1. The number of benzene rings is 2. The minimum Gasteiger partial charge on any atom is -0.497 e. The van der Waals surface area contributed by atoms with Crippen molar-refractivity contribution in [2.24, 2.45) is 7.05 Å². The quantitative estimate of drug-likeness (QED) is 0.615. The maximum atomic E-state index is 12.9. The third kappa shape index (κ3) is 4.55. The molecule has 4 rings (SSSR count). The van der Waals surface area contributed by atoms with E-state index in [0.29, 0.717) is 19.4 Å². The van der Waals surface area contributed by atoms with Gasteiger partial charge in [0.05, 0.1) is 12.8 Å². The molecule has 162 valence electrons. The van der Waals surface area contributed by atoms with Crippen molar-refractivity contribution in [2.75, 3.05) is 20.2 Å². The lowest BCUT2D eigenvalue weighted by Crippen LogP contribution is -2.40. The van der Waals surface area contributed by atoms with Crippen LogP contribution in [0.2, 0.25) is 0 Å². The number of hydrogen-bond donors (Lipinski definition) is 0. The van der Waals surface area contributed by atoms with Crippen molar-refractivity contribution < 1.29 is 9.53 Å². The Morgan fingerprint density at radius 3 is 2.58 bits per heavy atom. The van der Waals surface area contributed by atoms with Crippen LogP contribution in [0.4, 0.5) is 0 Å². The van der Waals surface area contributed by atoms with Crippen LogP contribution in [-0.2, 0) is 18.3 Å². The molecule has 1 aromatic heterocycles. The van der Waals surface area contributed by atoms with Crippen molar-refractivity contribution in [3.05, 3.63) is 76.5 Å². The highest BCUT2D eigenvalue weighted by molar-refractivity contribution is 5.76. The maximum absolute atomic E-state index is 12.9. The fourth-order valence-corrected chi connectivity index (χ4v) is 4.18. The molecular weight excluding hydrogens is 392 g/mol. The van der Waals surface area contributed by atoms with E-state index < -0.39 is 0 Å². The number of ether oxygens (including phenoxy) is 1. The number of likely N-dealkylation sites (tertiary alicyclic amines) is 1. The number of methoxy groups -OCH3 is 1. The van der Waals surface area contributed by atoms with E-state index in [9.17, 15) is 9.59 Å². The van der Waals surface area contributed by atoms with E-state index in [4.69, 9.17) is 4.74 Å². The standard InChI is InChI=1S/C24H28N4O3/c1-26-24(30)28(20-8-4-3-5-9-20)23(25-26)19-7-6-16-27(17-19)22(29)15-12-18-10-13-21(31-2)14-11-18/h3-5,8-11,13-14,19H,6-7,12,15-17H2,1-2H3. The predicted octanol–water partition coefficient (Wildman–Crippen LogP) is 2.92. The molecule has 7 heteroatoms. The summed E-state index contributed by atoms with van der Waals surface area (Å²) >= 11 is 0. The summed E-state index contributed by atoms with van der Waals surface area (Å²) in [5, 5.41) is 4.53. The summed E-state index contributed by atoms with van der Waals surface area (Å²) < 4.78 is 8.25. The maximum Gasteiger partial charge on any atom is 0.350 e. The molecule has 1 unspecified atom stereocenters. The van der Waals surface area contributed by atoms with E-state index in [2.05, 4.69) is 5.10 Å². The highest BCUT2D eigenvalue weighted by Gasteiger charge is 2.29. The molecule has 0 saturated carbocycles.